The number of hydrogen-bond donors (Lipinski definition) is 0. The first-order valence-electron chi connectivity index (χ1n) is 8.40. The highest BCUT2D eigenvalue weighted by Gasteiger charge is 2.24. The Balaban J connectivity index is 2.43. The van der Waals surface area contributed by atoms with Gasteiger partial charge in [-0.25, -0.2) is 4.79 Å². The minimum absolute atomic E-state index is 0.00406. The van der Waals surface area contributed by atoms with Crippen LogP contribution in [-0.2, 0) is 14.3 Å². The molecule has 2 aromatic rings. The lowest BCUT2D eigenvalue weighted by Gasteiger charge is -2.23. The maximum absolute atomic E-state index is 12.7. The van der Waals surface area contributed by atoms with Crippen LogP contribution < -0.4 is 0 Å². The van der Waals surface area contributed by atoms with E-state index in [1.54, 1.807) is 7.11 Å². The fourth-order valence-corrected chi connectivity index (χ4v) is 2.63. The second kappa shape index (κ2) is 8.98. The van der Waals surface area contributed by atoms with Crippen LogP contribution in [0.25, 0.3) is 5.57 Å². The molecular formula is C22H23NO3. The predicted octanol–water partition coefficient (Wildman–Crippen LogP) is 4.23. The second-order valence-corrected chi connectivity index (χ2v) is 6.77. The second-order valence-electron chi connectivity index (χ2n) is 6.77. The zero-order chi connectivity index (χ0) is 19.0. The van der Waals surface area contributed by atoms with Crippen LogP contribution in [0.2, 0.25) is 0 Å². The van der Waals surface area contributed by atoms with E-state index in [0.29, 0.717) is 12.2 Å². The van der Waals surface area contributed by atoms with Crippen molar-refractivity contribution >= 4 is 11.5 Å². The summed E-state index contributed by atoms with van der Waals surface area (Å²) >= 11 is 0. The van der Waals surface area contributed by atoms with Crippen molar-refractivity contribution in [2.45, 2.75) is 13.8 Å². The number of nitriles is 1. The molecule has 134 valence electrons. The summed E-state index contributed by atoms with van der Waals surface area (Å²) in [6.45, 7) is 4.50. The third-order valence-electron chi connectivity index (χ3n) is 3.82. The minimum Gasteiger partial charge on any atom is -0.461 e. The molecule has 4 nitrogen and oxygen atoms in total. The summed E-state index contributed by atoms with van der Waals surface area (Å²) in [7, 11) is 1.60. The summed E-state index contributed by atoms with van der Waals surface area (Å²) in [6, 6.07) is 20.8. The summed E-state index contributed by atoms with van der Waals surface area (Å²) in [5, 5.41) is 9.69. The van der Waals surface area contributed by atoms with Gasteiger partial charge in [0.05, 0.1) is 13.2 Å². The molecule has 0 spiro atoms. The molecular weight excluding hydrogens is 326 g/mol. The quantitative estimate of drug-likeness (QED) is 0.426. The van der Waals surface area contributed by atoms with Crippen LogP contribution in [-0.4, -0.2) is 26.3 Å². The van der Waals surface area contributed by atoms with Gasteiger partial charge in [0.15, 0.2) is 0 Å². The monoisotopic (exact) mass is 349 g/mol. The van der Waals surface area contributed by atoms with E-state index in [9.17, 15) is 10.1 Å². The molecule has 0 bridgehead atoms. The maximum atomic E-state index is 12.7. The lowest BCUT2D eigenvalue weighted by molar-refractivity contribution is -0.142. The number of carbonyl (C=O) groups is 1. The Morgan fingerprint density at radius 3 is 1.88 bits per heavy atom. The fourth-order valence-electron chi connectivity index (χ4n) is 2.63. The zero-order valence-corrected chi connectivity index (χ0v) is 15.4. The molecule has 26 heavy (non-hydrogen) atoms. The Kier molecular flexibility index (Phi) is 6.71. The highest BCUT2D eigenvalue weighted by molar-refractivity contribution is 6.05. The molecule has 0 aliphatic heterocycles. The van der Waals surface area contributed by atoms with Gasteiger partial charge in [0.25, 0.3) is 0 Å². The van der Waals surface area contributed by atoms with Crippen molar-refractivity contribution in [3.8, 4) is 6.07 Å². The smallest absolute Gasteiger partial charge is 0.349 e. The zero-order valence-electron chi connectivity index (χ0n) is 15.4. The topological polar surface area (TPSA) is 59.3 Å². The molecule has 0 fully saturated rings. The summed E-state index contributed by atoms with van der Waals surface area (Å²) in [6.07, 6.45) is 0. The summed E-state index contributed by atoms with van der Waals surface area (Å²) < 4.78 is 10.6. The number of esters is 1. The molecule has 0 atom stereocenters. The van der Waals surface area contributed by atoms with Gasteiger partial charge in [-0.3, -0.25) is 0 Å². The van der Waals surface area contributed by atoms with E-state index >= 15 is 0 Å². The third kappa shape index (κ3) is 5.05. The van der Waals surface area contributed by atoms with Gasteiger partial charge in [0.1, 0.15) is 11.6 Å². The predicted molar refractivity (Wildman–Crippen MR) is 101 cm³/mol. The average molecular weight is 349 g/mol. The fraction of sp³-hybridized carbons (Fsp3) is 0.273. The first-order valence-corrected chi connectivity index (χ1v) is 8.40. The lowest BCUT2D eigenvalue weighted by atomic mass is 9.93. The van der Waals surface area contributed by atoms with Gasteiger partial charge in [0, 0.05) is 18.1 Å². The van der Waals surface area contributed by atoms with Crippen LogP contribution in [0.15, 0.2) is 66.2 Å². The molecule has 0 unspecified atom stereocenters. The molecule has 2 rings (SSSR count). The van der Waals surface area contributed by atoms with E-state index in [1.807, 2.05) is 80.6 Å². The Morgan fingerprint density at radius 1 is 0.962 bits per heavy atom. The first-order chi connectivity index (χ1) is 12.5. The Bertz CT molecular complexity index is 761. The number of benzene rings is 2. The highest BCUT2D eigenvalue weighted by atomic mass is 16.5. The van der Waals surface area contributed by atoms with E-state index in [1.165, 1.54) is 0 Å². The average Bonchev–Trinajstić information content (AvgIpc) is 2.65. The molecule has 0 saturated carbocycles. The van der Waals surface area contributed by atoms with E-state index in [0.717, 1.165) is 11.1 Å². The summed E-state index contributed by atoms with van der Waals surface area (Å²) in [4.78, 5) is 12.7. The Labute approximate surface area is 154 Å². The number of rotatable bonds is 7. The van der Waals surface area contributed by atoms with Gasteiger partial charge in [-0.1, -0.05) is 74.5 Å². The summed E-state index contributed by atoms with van der Waals surface area (Å²) in [5.41, 5.74) is 1.83. The molecule has 0 N–H and O–H groups in total. The van der Waals surface area contributed by atoms with Gasteiger partial charge >= 0.3 is 5.97 Å². The highest BCUT2D eigenvalue weighted by Crippen LogP contribution is 2.28. The number of nitrogens with zero attached hydrogens (tertiary/aromatic N) is 1. The van der Waals surface area contributed by atoms with E-state index < -0.39 is 5.97 Å². The normalized spacial score (nSPS) is 10.7. The molecule has 0 heterocycles. The third-order valence-corrected chi connectivity index (χ3v) is 3.82. The summed E-state index contributed by atoms with van der Waals surface area (Å²) in [5.74, 6) is -0.626. The van der Waals surface area contributed by atoms with Crippen LogP contribution in [0.4, 0.5) is 0 Å². The van der Waals surface area contributed by atoms with Crippen LogP contribution in [0.5, 0.6) is 0 Å². The van der Waals surface area contributed by atoms with E-state index in [2.05, 4.69) is 0 Å². The van der Waals surface area contributed by atoms with Crippen molar-refractivity contribution in [2.24, 2.45) is 5.41 Å². The first kappa shape index (κ1) is 19.4. The number of hydrogen-bond acceptors (Lipinski definition) is 4. The Morgan fingerprint density at radius 2 is 1.46 bits per heavy atom. The van der Waals surface area contributed by atoms with Gasteiger partial charge in [-0.05, 0) is 11.1 Å². The van der Waals surface area contributed by atoms with Crippen molar-refractivity contribution in [3.05, 3.63) is 77.4 Å². The maximum Gasteiger partial charge on any atom is 0.349 e. The molecule has 0 radical (unpaired) electrons. The van der Waals surface area contributed by atoms with Gasteiger partial charge in [0.2, 0.25) is 0 Å². The number of methoxy groups -OCH3 is 1. The van der Waals surface area contributed by atoms with Gasteiger partial charge < -0.3 is 9.47 Å². The van der Waals surface area contributed by atoms with Gasteiger partial charge in [-0.2, -0.15) is 5.26 Å². The SMILES string of the molecule is COCC(C)(C)COC(=O)C(C#N)=C(c1ccccc1)c1ccccc1. The molecule has 2 aromatic carbocycles. The standard InChI is InChI=1S/C22H23NO3/c1-22(2,15-25-3)16-26-21(24)19(14-23)20(17-10-6-4-7-11-17)18-12-8-5-9-13-18/h4-13H,15-16H2,1-3H3. The van der Waals surface area contributed by atoms with Crippen molar-refractivity contribution in [1.82, 2.24) is 0 Å². The number of carbonyl (C=O) groups excluding carboxylic acids is 1. The van der Waals surface area contributed by atoms with Crippen molar-refractivity contribution in [1.29, 1.82) is 5.26 Å². The van der Waals surface area contributed by atoms with Gasteiger partial charge in [-0.15, -0.1) is 0 Å². The molecule has 0 amide bonds. The molecule has 0 aliphatic rings. The Hall–Kier alpha value is -2.90. The van der Waals surface area contributed by atoms with E-state index in [-0.39, 0.29) is 17.6 Å². The van der Waals surface area contributed by atoms with Crippen LogP contribution in [0.1, 0.15) is 25.0 Å². The molecule has 4 heteroatoms. The number of ether oxygens (including phenoxy) is 2. The van der Waals surface area contributed by atoms with Crippen LogP contribution >= 0.6 is 0 Å². The van der Waals surface area contributed by atoms with Crippen molar-refractivity contribution in [3.63, 3.8) is 0 Å². The van der Waals surface area contributed by atoms with Crippen LogP contribution in [0.3, 0.4) is 0 Å². The lowest BCUT2D eigenvalue weighted by Crippen LogP contribution is -2.27. The molecule has 0 aromatic heterocycles. The molecule has 0 aliphatic carbocycles. The molecule has 0 saturated heterocycles. The van der Waals surface area contributed by atoms with E-state index in [4.69, 9.17) is 9.47 Å². The minimum atomic E-state index is -0.626. The largest absolute Gasteiger partial charge is 0.461 e. The van der Waals surface area contributed by atoms with Crippen molar-refractivity contribution < 1.29 is 14.3 Å². The van der Waals surface area contributed by atoms with Crippen molar-refractivity contribution in [2.75, 3.05) is 20.3 Å². The van der Waals surface area contributed by atoms with Crippen LogP contribution in [0, 0.1) is 16.7 Å².